The predicted molar refractivity (Wildman–Crippen MR) is 174 cm³/mol. The Labute approximate surface area is 271 Å². The van der Waals surface area contributed by atoms with Gasteiger partial charge >= 0.3 is 13.1 Å². The number of fused-ring (bicyclic) bond motifs is 3. The van der Waals surface area contributed by atoms with Gasteiger partial charge in [-0.3, -0.25) is 34.9 Å². The minimum absolute atomic E-state index is 0.166. The molecule has 254 valence electrons. The van der Waals surface area contributed by atoms with Crippen molar-refractivity contribution < 1.29 is 34.3 Å². The van der Waals surface area contributed by atoms with Crippen molar-refractivity contribution >= 4 is 36.5 Å². The van der Waals surface area contributed by atoms with E-state index in [1.807, 2.05) is 0 Å². The van der Waals surface area contributed by atoms with Crippen LogP contribution in [-0.2, 0) is 14.4 Å². The third-order valence-electron chi connectivity index (χ3n) is 9.32. The lowest BCUT2D eigenvalue weighted by molar-refractivity contribution is -0.138. The second-order valence-corrected chi connectivity index (χ2v) is 12.8. The van der Waals surface area contributed by atoms with E-state index in [-0.39, 0.29) is 30.7 Å². The molecule has 2 bridgehead atoms. The lowest BCUT2D eigenvalue weighted by atomic mass is 9.78. The van der Waals surface area contributed by atoms with Crippen LogP contribution in [0.5, 0.6) is 0 Å². The number of hydrogen-bond acceptors (Lipinski definition) is 10. The van der Waals surface area contributed by atoms with E-state index in [9.17, 15) is 34.3 Å². The number of anilines is 1. The molecule has 0 aliphatic carbocycles. The van der Waals surface area contributed by atoms with Crippen molar-refractivity contribution in [3.05, 3.63) is 29.8 Å². The lowest BCUT2D eigenvalue weighted by Gasteiger charge is -2.34. The Hall–Kier alpha value is -3.24. The standard InChI is InChI=1S/C31H50BN7O7/c1-23(31(44)39-15-3-6-27(39)32(45)46)33-30(43)25-7-9-26(10-8-25)34-35-28(40)22-38-14-4-13-36-16-11-24(21-29(41)42)5-2-12-37(18-17-36)19-20-38/h7-10,23-24,27,34,45-46H,2-6,11-22H2,1H3,(H,33,43)(H,35,40)(H,41,42)/t23-,24?,27+/m1/s1. The van der Waals surface area contributed by atoms with Crippen LogP contribution in [0.4, 0.5) is 5.69 Å². The van der Waals surface area contributed by atoms with Crippen molar-refractivity contribution in [1.29, 1.82) is 0 Å². The zero-order valence-corrected chi connectivity index (χ0v) is 26.9. The Morgan fingerprint density at radius 2 is 1.52 bits per heavy atom. The number of likely N-dealkylation sites (tertiary alicyclic amines) is 1. The summed E-state index contributed by atoms with van der Waals surface area (Å²) in [6.45, 7) is 9.37. The summed E-state index contributed by atoms with van der Waals surface area (Å²) in [6.07, 6.45) is 5.16. The highest BCUT2D eigenvalue weighted by Gasteiger charge is 2.38. The van der Waals surface area contributed by atoms with Crippen LogP contribution in [0.1, 0.15) is 62.2 Å². The minimum Gasteiger partial charge on any atom is -0.481 e. The molecule has 5 atom stereocenters. The maximum Gasteiger partial charge on any atom is 0.475 e. The fraction of sp³-hybridized carbons (Fsp3) is 0.677. The first-order valence-corrected chi connectivity index (χ1v) is 16.6. The lowest BCUT2D eigenvalue weighted by Crippen LogP contribution is -2.52. The van der Waals surface area contributed by atoms with E-state index in [0.717, 1.165) is 78.0 Å². The van der Waals surface area contributed by atoms with E-state index >= 15 is 0 Å². The monoisotopic (exact) mass is 643 g/mol. The molecular weight excluding hydrogens is 593 g/mol. The van der Waals surface area contributed by atoms with Crippen LogP contribution in [0.15, 0.2) is 24.3 Å². The van der Waals surface area contributed by atoms with Gasteiger partial charge in [-0.15, -0.1) is 0 Å². The van der Waals surface area contributed by atoms with Gasteiger partial charge in [-0.25, -0.2) is 0 Å². The van der Waals surface area contributed by atoms with Crippen LogP contribution < -0.4 is 16.2 Å². The van der Waals surface area contributed by atoms with Gasteiger partial charge in [0.15, 0.2) is 0 Å². The van der Waals surface area contributed by atoms with Crippen LogP contribution >= 0.6 is 0 Å². The number of carbonyl (C=O) groups is 4. The Kier molecular flexibility index (Phi) is 13.6. The Morgan fingerprint density at radius 3 is 2.24 bits per heavy atom. The first-order chi connectivity index (χ1) is 22.1. The molecule has 3 saturated heterocycles. The van der Waals surface area contributed by atoms with Crippen LogP contribution in [0, 0.1) is 5.92 Å². The molecule has 3 amide bonds. The smallest absolute Gasteiger partial charge is 0.475 e. The second-order valence-electron chi connectivity index (χ2n) is 12.8. The predicted octanol–water partition coefficient (Wildman–Crippen LogP) is -0.164. The first-order valence-electron chi connectivity index (χ1n) is 16.6. The number of carboxylic acid groups (broad SMARTS) is 1. The highest BCUT2D eigenvalue weighted by Crippen LogP contribution is 2.20. The highest BCUT2D eigenvalue weighted by molar-refractivity contribution is 6.43. The summed E-state index contributed by atoms with van der Waals surface area (Å²) in [5.41, 5.74) is 6.61. The van der Waals surface area contributed by atoms with Crippen molar-refractivity contribution in [1.82, 2.24) is 30.3 Å². The molecular formula is C31H50BN7O7. The van der Waals surface area contributed by atoms with Crippen molar-refractivity contribution in [3.63, 3.8) is 0 Å². The topological polar surface area (TPSA) is 178 Å². The number of hydrogen-bond donors (Lipinski definition) is 6. The zero-order chi connectivity index (χ0) is 33.1. The zero-order valence-electron chi connectivity index (χ0n) is 26.9. The van der Waals surface area contributed by atoms with Gasteiger partial charge in [0.1, 0.15) is 6.04 Å². The molecule has 3 unspecified atom stereocenters. The number of benzene rings is 1. The van der Waals surface area contributed by atoms with Crippen molar-refractivity contribution in [2.24, 2.45) is 5.92 Å². The van der Waals surface area contributed by atoms with E-state index in [1.54, 1.807) is 31.2 Å². The molecule has 15 heteroatoms. The number of amides is 3. The Bertz CT molecular complexity index is 1170. The maximum absolute atomic E-state index is 12.9. The molecule has 14 nitrogen and oxygen atoms in total. The molecule has 0 saturated carbocycles. The molecule has 3 heterocycles. The molecule has 4 rings (SSSR count). The second kappa shape index (κ2) is 17.6. The summed E-state index contributed by atoms with van der Waals surface area (Å²) >= 11 is 0. The molecule has 6 N–H and O–H groups in total. The molecule has 3 aliphatic rings. The molecule has 1 aromatic rings. The summed E-state index contributed by atoms with van der Waals surface area (Å²) in [5.74, 6) is -2.11. The van der Waals surface area contributed by atoms with Crippen LogP contribution in [0.3, 0.4) is 0 Å². The van der Waals surface area contributed by atoms with E-state index in [0.29, 0.717) is 30.6 Å². The van der Waals surface area contributed by atoms with Gasteiger partial charge in [-0.05, 0) is 102 Å². The van der Waals surface area contributed by atoms with Crippen LogP contribution in [0.2, 0.25) is 0 Å². The van der Waals surface area contributed by atoms with Gasteiger partial charge in [-0.2, -0.15) is 0 Å². The van der Waals surface area contributed by atoms with Gasteiger partial charge in [0.05, 0.1) is 18.2 Å². The van der Waals surface area contributed by atoms with Crippen LogP contribution in [0.25, 0.3) is 0 Å². The molecule has 3 aliphatic heterocycles. The number of aliphatic carboxylic acids is 1. The molecule has 46 heavy (non-hydrogen) atoms. The highest BCUT2D eigenvalue weighted by atomic mass is 16.4. The third-order valence-corrected chi connectivity index (χ3v) is 9.32. The van der Waals surface area contributed by atoms with Crippen molar-refractivity contribution in [2.75, 3.05) is 70.9 Å². The summed E-state index contributed by atoms with van der Waals surface area (Å²) in [7, 11) is -1.62. The van der Waals surface area contributed by atoms with Crippen molar-refractivity contribution in [3.8, 4) is 0 Å². The number of carbonyl (C=O) groups excluding carboxylic acids is 3. The summed E-state index contributed by atoms with van der Waals surface area (Å²) in [4.78, 5) is 58.2. The average Bonchev–Trinajstić information content (AvgIpc) is 3.53. The Morgan fingerprint density at radius 1 is 0.848 bits per heavy atom. The quantitative estimate of drug-likeness (QED) is 0.147. The summed E-state index contributed by atoms with van der Waals surface area (Å²) in [5, 5.41) is 31.1. The van der Waals surface area contributed by atoms with E-state index in [4.69, 9.17) is 0 Å². The van der Waals surface area contributed by atoms with E-state index < -0.39 is 31.0 Å². The SMILES string of the molecule is C[C@@H](NC(=O)c1ccc(NNC(=O)CN2CCCN3CCC(CC(=O)O)CCCN(CC3)CC2)cc1)C(=O)N1CCC[C@H]1B(O)O. The Balaban J connectivity index is 1.22. The molecule has 3 fully saturated rings. The fourth-order valence-electron chi connectivity index (χ4n) is 6.64. The van der Waals surface area contributed by atoms with Crippen molar-refractivity contribution in [2.45, 2.75) is 63.9 Å². The third kappa shape index (κ3) is 10.9. The molecule has 1 aromatic carbocycles. The number of rotatable bonds is 10. The summed E-state index contributed by atoms with van der Waals surface area (Å²) < 4.78 is 0. The maximum atomic E-state index is 12.9. The van der Waals surface area contributed by atoms with Gasteiger partial charge in [-0.1, -0.05) is 0 Å². The minimum atomic E-state index is -1.62. The number of hydrazine groups is 1. The van der Waals surface area contributed by atoms with Gasteiger partial charge < -0.3 is 35.2 Å². The van der Waals surface area contributed by atoms with Crippen LogP contribution in [-0.4, -0.2) is 143 Å². The number of nitrogens with zero attached hydrogens (tertiary/aromatic N) is 4. The average molecular weight is 644 g/mol. The van der Waals surface area contributed by atoms with E-state index in [1.165, 1.54) is 4.90 Å². The first kappa shape index (κ1) is 35.6. The van der Waals surface area contributed by atoms with Gasteiger partial charge in [0, 0.05) is 44.7 Å². The number of carboxylic acids is 1. The molecule has 0 spiro atoms. The summed E-state index contributed by atoms with van der Waals surface area (Å²) in [6, 6.07) is 5.70. The molecule has 0 radical (unpaired) electrons. The fourth-order valence-corrected chi connectivity index (χ4v) is 6.64. The number of nitrogens with one attached hydrogen (secondary N) is 3. The normalized spacial score (nSPS) is 25.2. The van der Waals surface area contributed by atoms with Gasteiger partial charge in [0.2, 0.25) is 5.91 Å². The van der Waals surface area contributed by atoms with E-state index in [2.05, 4.69) is 30.9 Å². The molecule has 0 aromatic heterocycles. The largest absolute Gasteiger partial charge is 0.481 e. The van der Waals surface area contributed by atoms with Gasteiger partial charge in [0.25, 0.3) is 11.8 Å².